The molecule has 0 saturated heterocycles. The molecule has 0 fully saturated rings. The molecule has 6 heteroatoms. The molecule has 1 aliphatic rings. The molecule has 0 bridgehead atoms. The van der Waals surface area contributed by atoms with E-state index in [1.54, 1.807) is 4.68 Å². The molecule has 0 N–H and O–H groups in total. The van der Waals surface area contributed by atoms with Crippen molar-refractivity contribution in [3.8, 4) is 11.3 Å². The van der Waals surface area contributed by atoms with Crippen molar-refractivity contribution < 1.29 is 27.0 Å². The summed E-state index contributed by atoms with van der Waals surface area (Å²) in [6.07, 6.45) is 7.01. The van der Waals surface area contributed by atoms with E-state index in [2.05, 4.69) is 167 Å². The van der Waals surface area contributed by atoms with Crippen molar-refractivity contribution in [2.45, 2.75) is 85.6 Å². The van der Waals surface area contributed by atoms with E-state index in [9.17, 15) is 0 Å². The summed E-state index contributed by atoms with van der Waals surface area (Å²) in [5.41, 5.74) is 11.4. The average molecular weight is 950 g/mol. The molecule has 302 valence electrons. The largest absolute Gasteiger partial charge is 1.00 e. The third kappa shape index (κ3) is 11.1. The van der Waals surface area contributed by atoms with Gasteiger partial charge in [0.05, 0.1) is 0 Å². The number of para-hydroxylation sites is 2. The summed E-state index contributed by atoms with van der Waals surface area (Å²) in [4.78, 5) is 2.38. The van der Waals surface area contributed by atoms with Crippen molar-refractivity contribution in [3.63, 3.8) is 0 Å². The minimum atomic E-state index is 0. The molecule has 0 radical (unpaired) electrons. The van der Waals surface area contributed by atoms with Gasteiger partial charge in [0.15, 0.2) is 0 Å². The van der Waals surface area contributed by atoms with Crippen molar-refractivity contribution in [1.29, 1.82) is 0 Å². The van der Waals surface area contributed by atoms with Gasteiger partial charge in [-0.25, -0.2) is 0 Å². The first-order chi connectivity index (χ1) is 27.6. The molecular weight excluding hydrogens is 892 g/mol. The summed E-state index contributed by atoms with van der Waals surface area (Å²) < 4.78 is 4.13. The Morgan fingerprint density at radius 3 is 1.62 bits per heavy atom. The fourth-order valence-electron chi connectivity index (χ4n) is 7.35. The van der Waals surface area contributed by atoms with Crippen LogP contribution in [0.5, 0.6) is 0 Å². The number of aromatic nitrogens is 3. The number of nitrogens with zero attached hydrogens (tertiary/aromatic N) is 5. The first kappa shape index (κ1) is 44.0. The molecule has 0 amide bonds. The maximum absolute atomic E-state index is 4.25. The molecule has 2 heterocycles. The fraction of sp³-hybridized carbons (Fsp3) is 0.288. The van der Waals surface area contributed by atoms with Crippen LogP contribution in [0.2, 0.25) is 0 Å². The molecule has 0 atom stereocenters. The fourth-order valence-corrected chi connectivity index (χ4v) is 7.35. The Labute approximate surface area is 363 Å². The Kier molecular flexibility index (Phi) is 16.0. The van der Waals surface area contributed by atoms with Crippen LogP contribution in [0.4, 0.5) is 11.4 Å². The SMILES string of the molecule is CC(C)c1cccc(C(C)C)c1N1[C-]=[N+](c2c(C(C)C)cccc2C(C)C)CC1.[Au+].[c-]1c(-c2ccc3ccccc3c2)nnn1Cc1ccccc1.c1ccccc1. The minimum absolute atomic E-state index is 0. The van der Waals surface area contributed by atoms with E-state index in [1.165, 1.54) is 50.0 Å². The number of rotatable bonds is 9. The van der Waals surface area contributed by atoms with E-state index in [-0.39, 0.29) is 22.4 Å². The van der Waals surface area contributed by atoms with Crippen LogP contribution in [0.3, 0.4) is 0 Å². The van der Waals surface area contributed by atoms with Gasteiger partial charge in [0.2, 0.25) is 6.34 Å². The normalized spacial score (nSPS) is 12.3. The quantitative estimate of drug-likeness (QED) is 0.0822. The van der Waals surface area contributed by atoms with Crippen LogP contribution in [-0.4, -0.2) is 39.0 Å². The van der Waals surface area contributed by atoms with Gasteiger partial charge in [0, 0.05) is 17.9 Å². The molecule has 7 aromatic rings. The summed E-state index contributed by atoms with van der Waals surface area (Å²) in [5, 5.41) is 10.9. The molecule has 8 rings (SSSR count). The zero-order valence-corrected chi connectivity index (χ0v) is 37.5. The van der Waals surface area contributed by atoms with Gasteiger partial charge in [-0.05, 0) is 40.0 Å². The van der Waals surface area contributed by atoms with Crippen LogP contribution in [0.1, 0.15) is 107 Å². The zero-order chi connectivity index (χ0) is 40.3. The smallest absolute Gasteiger partial charge is 0.334 e. The third-order valence-electron chi connectivity index (χ3n) is 10.4. The Balaban J connectivity index is 0.000000194. The van der Waals surface area contributed by atoms with Gasteiger partial charge in [-0.3, -0.25) is 0 Å². The van der Waals surface area contributed by atoms with Gasteiger partial charge in [-0.2, -0.15) is 5.10 Å². The van der Waals surface area contributed by atoms with Crippen LogP contribution in [0.25, 0.3) is 22.0 Å². The first-order valence-corrected chi connectivity index (χ1v) is 20.5. The second-order valence-corrected chi connectivity index (χ2v) is 16.0. The van der Waals surface area contributed by atoms with Crippen molar-refractivity contribution in [2.75, 3.05) is 18.0 Å². The van der Waals surface area contributed by atoms with Crippen LogP contribution in [-0.2, 0) is 28.9 Å². The average Bonchev–Trinajstić information content (AvgIpc) is 3.92. The van der Waals surface area contributed by atoms with E-state index in [4.69, 9.17) is 0 Å². The van der Waals surface area contributed by atoms with E-state index in [1.807, 2.05) is 66.7 Å². The van der Waals surface area contributed by atoms with Crippen molar-refractivity contribution in [3.05, 3.63) is 180 Å². The minimum Gasteiger partial charge on any atom is -0.334 e. The van der Waals surface area contributed by atoms with Crippen molar-refractivity contribution in [2.24, 2.45) is 0 Å². The maximum atomic E-state index is 4.25. The molecule has 6 aromatic carbocycles. The Hall–Kier alpha value is -5.07. The van der Waals surface area contributed by atoms with E-state index >= 15 is 0 Å². The van der Waals surface area contributed by atoms with Gasteiger partial charge in [-0.15, -0.1) is 23.9 Å². The zero-order valence-electron chi connectivity index (χ0n) is 35.3. The molecule has 0 spiro atoms. The van der Waals surface area contributed by atoms with Crippen molar-refractivity contribution >= 4 is 28.5 Å². The number of hydrogen-bond donors (Lipinski definition) is 0. The van der Waals surface area contributed by atoms with Gasteiger partial charge < -0.3 is 14.2 Å². The first-order valence-electron chi connectivity index (χ1n) is 20.5. The van der Waals surface area contributed by atoms with Crippen LogP contribution < -0.4 is 4.90 Å². The Bertz CT molecular complexity index is 2280. The summed E-state index contributed by atoms with van der Waals surface area (Å²) in [5.74, 6) is 1.98. The van der Waals surface area contributed by atoms with Gasteiger partial charge >= 0.3 is 22.4 Å². The molecule has 1 aliphatic heterocycles. The summed E-state index contributed by atoms with van der Waals surface area (Å²) in [6, 6.07) is 50.4. The van der Waals surface area contributed by atoms with E-state index in [0.29, 0.717) is 30.2 Å². The number of hydrogen-bond acceptors (Lipinski definition) is 3. The summed E-state index contributed by atoms with van der Waals surface area (Å²) in [6.45, 7) is 21.0. The van der Waals surface area contributed by atoms with Gasteiger partial charge in [0.25, 0.3) is 0 Å². The van der Waals surface area contributed by atoms with Gasteiger partial charge in [0.1, 0.15) is 13.1 Å². The predicted octanol–water partition coefficient (Wildman–Crippen LogP) is 12.9. The van der Waals surface area contributed by atoms with Crippen LogP contribution in [0, 0.1) is 6.20 Å². The second kappa shape index (κ2) is 21.1. The Morgan fingerprint density at radius 1 is 0.569 bits per heavy atom. The molecule has 1 aromatic heterocycles. The molecule has 0 saturated carbocycles. The van der Waals surface area contributed by atoms with Crippen LogP contribution in [0.15, 0.2) is 146 Å². The van der Waals surface area contributed by atoms with E-state index < -0.39 is 0 Å². The maximum Gasteiger partial charge on any atom is 1.00 e. The van der Waals surface area contributed by atoms with Gasteiger partial charge in [-0.1, -0.05) is 222 Å². The Morgan fingerprint density at radius 2 is 1.07 bits per heavy atom. The molecular formula is C52H58AuN5. The van der Waals surface area contributed by atoms with E-state index in [0.717, 1.165) is 24.3 Å². The standard InChI is InChI=1S/C27H38N2.C19H14N3.C6H6.Au/c1-18(2)22-11-9-12-23(19(3)4)26(22)28-15-16-29(17-28)27-24(20(5)6)13-10-14-25(27)21(7)8;1-2-6-15(7-3-1)13-22-14-19(20-21-22)18-11-10-16-8-4-5-9-17(16)12-18;1-2-4-6-5-3-1;/h9-14,18-21H,15-16H2,1-8H3;1-12H,13H2;1-6H;/q;-1;;+1. The second-order valence-electron chi connectivity index (χ2n) is 16.0. The predicted molar refractivity (Wildman–Crippen MR) is 240 cm³/mol. The topological polar surface area (TPSA) is 37.0 Å². The molecule has 0 unspecified atom stereocenters. The molecule has 58 heavy (non-hydrogen) atoms. The third-order valence-corrected chi connectivity index (χ3v) is 10.4. The number of fused-ring (bicyclic) bond motifs is 1. The van der Waals surface area contributed by atoms with Crippen molar-refractivity contribution in [1.82, 2.24) is 15.0 Å². The summed E-state index contributed by atoms with van der Waals surface area (Å²) >= 11 is 0. The monoisotopic (exact) mass is 949 g/mol. The van der Waals surface area contributed by atoms with Crippen LogP contribution >= 0.6 is 0 Å². The number of anilines is 1. The molecule has 5 nitrogen and oxygen atoms in total. The summed E-state index contributed by atoms with van der Waals surface area (Å²) in [7, 11) is 0. The molecule has 0 aliphatic carbocycles. The number of benzene rings is 6.